The number of amides is 1. The van der Waals surface area contributed by atoms with Gasteiger partial charge in [0.25, 0.3) is 0 Å². The highest BCUT2D eigenvalue weighted by Gasteiger charge is 2.31. The number of phenols is 2. The standard InChI is InChI=1S/C25H30N2O3/c1-3-4-7-23(25(30)26-14-5-6-15-26)27-22-13-12-20(29)16-21(22)17(2)24(27)18-8-10-19(28)11-9-18/h8-13,16,23,28-29H,3-7,14-15H2,1-2H3. The first-order chi connectivity index (χ1) is 14.5. The minimum Gasteiger partial charge on any atom is -0.508 e. The number of aromatic hydroxyl groups is 2. The largest absolute Gasteiger partial charge is 0.508 e. The highest BCUT2D eigenvalue weighted by atomic mass is 16.3. The molecule has 3 aromatic rings. The van der Waals surface area contributed by atoms with Gasteiger partial charge in [0, 0.05) is 24.0 Å². The summed E-state index contributed by atoms with van der Waals surface area (Å²) in [6.45, 7) is 5.84. The molecular weight excluding hydrogens is 376 g/mol. The van der Waals surface area contributed by atoms with Crippen LogP contribution in [0.3, 0.4) is 0 Å². The Morgan fingerprint density at radius 1 is 1.03 bits per heavy atom. The van der Waals surface area contributed by atoms with Crippen molar-refractivity contribution in [3.05, 3.63) is 48.0 Å². The maximum absolute atomic E-state index is 13.6. The van der Waals surface area contributed by atoms with Crippen molar-refractivity contribution >= 4 is 16.8 Å². The molecule has 1 aliphatic heterocycles. The third-order valence-electron chi connectivity index (χ3n) is 6.23. The summed E-state index contributed by atoms with van der Waals surface area (Å²) >= 11 is 0. The predicted molar refractivity (Wildman–Crippen MR) is 120 cm³/mol. The second kappa shape index (κ2) is 8.42. The van der Waals surface area contributed by atoms with Crippen LogP contribution in [0.1, 0.15) is 50.6 Å². The average molecular weight is 407 g/mol. The van der Waals surface area contributed by atoms with E-state index in [1.54, 1.807) is 24.3 Å². The Hall–Kier alpha value is -2.95. The Labute approximate surface area is 177 Å². The number of carbonyl (C=O) groups excluding carboxylic acids is 1. The van der Waals surface area contributed by atoms with Crippen molar-refractivity contribution in [2.75, 3.05) is 13.1 Å². The Morgan fingerprint density at radius 3 is 2.37 bits per heavy atom. The topological polar surface area (TPSA) is 65.7 Å². The van der Waals surface area contributed by atoms with Crippen LogP contribution in [0.2, 0.25) is 0 Å². The third kappa shape index (κ3) is 3.64. The zero-order valence-electron chi connectivity index (χ0n) is 17.8. The quantitative estimate of drug-likeness (QED) is 0.577. The smallest absolute Gasteiger partial charge is 0.245 e. The van der Waals surface area contributed by atoms with Crippen molar-refractivity contribution in [3.8, 4) is 22.8 Å². The molecule has 1 aliphatic rings. The second-order valence-corrected chi connectivity index (χ2v) is 8.28. The molecule has 158 valence electrons. The molecule has 0 spiro atoms. The number of fused-ring (bicyclic) bond motifs is 1. The number of rotatable bonds is 6. The summed E-state index contributed by atoms with van der Waals surface area (Å²) < 4.78 is 2.17. The van der Waals surface area contributed by atoms with Crippen LogP contribution in [-0.2, 0) is 4.79 Å². The molecule has 1 unspecified atom stereocenters. The molecule has 1 saturated heterocycles. The van der Waals surface area contributed by atoms with Gasteiger partial charge in [-0.15, -0.1) is 0 Å². The van der Waals surface area contributed by atoms with Crippen molar-refractivity contribution in [1.29, 1.82) is 0 Å². The summed E-state index contributed by atoms with van der Waals surface area (Å²) in [5.41, 5.74) is 3.92. The Kier molecular flexibility index (Phi) is 5.71. The molecule has 2 aromatic carbocycles. The maximum atomic E-state index is 13.6. The van der Waals surface area contributed by atoms with E-state index in [2.05, 4.69) is 11.5 Å². The lowest BCUT2D eigenvalue weighted by atomic mass is 10.0. The molecule has 30 heavy (non-hydrogen) atoms. The van der Waals surface area contributed by atoms with E-state index in [1.165, 1.54) is 0 Å². The van der Waals surface area contributed by atoms with Gasteiger partial charge in [-0.3, -0.25) is 4.79 Å². The van der Waals surface area contributed by atoms with E-state index in [4.69, 9.17) is 0 Å². The number of carbonyl (C=O) groups is 1. The van der Waals surface area contributed by atoms with Crippen molar-refractivity contribution in [2.24, 2.45) is 0 Å². The molecule has 5 heteroatoms. The number of unbranched alkanes of at least 4 members (excludes halogenated alkanes) is 1. The lowest BCUT2D eigenvalue weighted by Gasteiger charge is -2.27. The number of hydrogen-bond acceptors (Lipinski definition) is 3. The summed E-state index contributed by atoms with van der Waals surface area (Å²) in [6.07, 6.45) is 4.90. The van der Waals surface area contributed by atoms with E-state index < -0.39 is 0 Å². The minimum atomic E-state index is -0.285. The van der Waals surface area contributed by atoms with Gasteiger partial charge in [0.15, 0.2) is 0 Å². The zero-order chi connectivity index (χ0) is 21.3. The molecule has 1 aromatic heterocycles. The van der Waals surface area contributed by atoms with Gasteiger partial charge in [0.05, 0.1) is 5.69 Å². The number of nitrogens with zero attached hydrogens (tertiary/aromatic N) is 2. The van der Waals surface area contributed by atoms with Gasteiger partial charge >= 0.3 is 0 Å². The van der Waals surface area contributed by atoms with Gasteiger partial charge in [-0.05, 0) is 79.8 Å². The van der Waals surface area contributed by atoms with Crippen LogP contribution in [0.15, 0.2) is 42.5 Å². The fraction of sp³-hybridized carbons (Fsp3) is 0.400. The lowest BCUT2D eigenvalue weighted by Crippen LogP contribution is -2.35. The fourth-order valence-corrected chi connectivity index (χ4v) is 4.67. The van der Waals surface area contributed by atoms with Gasteiger partial charge < -0.3 is 19.7 Å². The third-order valence-corrected chi connectivity index (χ3v) is 6.23. The highest BCUT2D eigenvalue weighted by Crippen LogP contribution is 2.39. The monoisotopic (exact) mass is 406 g/mol. The van der Waals surface area contributed by atoms with Crippen LogP contribution < -0.4 is 0 Å². The second-order valence-electron chi connectivity index (χ2n) is 8.28. The van der Waals surface area contributed by atoms with Gasteiger partial charge in [-0.1, -0.05) is 19.8 Å². The summed E-state index contributed by atoms with van der Waals surface area (Å²) in [5, 5.41) is 20.8. The summed E-state index contributed by atoms with van der Waals surface area (Å²) in [4.78, 5) is 15.6. The van der Waals surface area contributed by atoms with Gasteiger partial charge in [-0.2, -0.15) is 0 Å². The Bertz CT molecular complexity index is 1050. The lowest BCUT2D eigenvalue weighted by molar-refractivity contribution is -0.133. The number of aryl methyl sites for hydroxylation is 1. The Balaban J connectivity index is 1.94. The predicted octanol–water partition coefficient (Wildman–Crippen LogP) is 5.38. The minimum absolute atomic E-state index is 0.186. The molecule has 2 heterocycles. The van der Waals surface area contributed by atoms with E-state index in [9.17, 15) is 15.0 Å². The molecule has 1 atom stereocenters. The zero-order valence-corrected chi connectivity index (χ0v) is 17.8. The number of aromatic nitrogens is 1. The molecule has 0 aliphatic carbocycles. The molecule has 2 N–H and O–H groups in total. The fourth-order valence-electron chi connectivity index (χ4n) is 4.67. The van der Waals surface area contributed by atoms with Crippen molar-refractivity contribution in [1.82, 2.24) is 9.47 Å². The number of phenolic OH excluding ortho intramolecular Hbond substituents is 2. The summed E-state index contributed by atoms with van der Waals surface area (Å²) in [6, 6.07) is 12.2. The van der Waals surface area contributed by atoms with E-state index >= 15 is 0 Å². The van der Waals surface area contributed by atoms with Crippen LogP contribution in [0.5, 0.6) is 11.5 Å². The van der Waals surface area contributed by atoms with Crippen LogP contribution in [-0.4, -0.2) is 38.7 Å². The van der Waals surface area contributed by atoms with E-state index in [-0.39, 0.29) is 23.4 Å². The van der Waals surface area contributed by atoms with E-state index in [0.717, 1.165) is 72.9 Å². The van der Waals surface area contributed by atoms with Gasteiger partial charge in [0.1, 0.15) is 17.5 Å². The van der Waals surface area contributed by atoms with Gasteiger partial charge in [0.2, 0.25) is 5.91 Å². The first-order valence-corrected chi connectivity index (χ1v) is 10.9. The molecule has 0 radical (unpaired) electrons. The summed E-state index contributed by atoms with van der Waals surface area (Å²) in [7, 11) is 0. The number of hydrogen-bond donors (Lipinski definition) is 2. The van der Waals surface area contributed by atoms with E-state index in [1.807, 2.05) is 30.0 Å². The van der Waals surface area contributed by atoms with Crippen LogP contribution in [0.25, 0.3) is 22.2 Å². The van der Waals surface area contributed by atoms with Gasteiger partial charge in [-0.25, -0.2) is 0 Å². The van der Waals surface area contributed by atoms with Crippen molar-refractivity contribution in [3.63, 3.8) is 0 Å². The first-order valence-electron chi connectivity index (χ1n) is 10.9. The SMILES string of the molecule is CCCCC(C(=O)N1CCCC1)n1c(-c2ccc(O)cc2)c(C)c2cc(O)ccc21. The molecule has 0 saturated carbocycles. The normalized spacial score (nSPS) is 15.1. The van der Waals surface area contributed by atoms with Crippen LogP contribution in [0.4, 0.5) is 0 Å². The molecule has 1 fully saturated rings. The Morgan fingerprint density at radius 2 is 1.70 bits per heavy atom. The summed E-state index contributed by atoms with van der Waals surface area (Å²) in [5.74, 6) is 0.620. The maximum Gasteiger partial charge on any atom is 0.245 e. The molecule has 1 amide bonds. The molecule has 4 rings (SSSR count). The number of benzene rings is 2. The van der Waals surface area contributed by atoms with Crippen molar-refractivity contribution < 1.29 is 15.0 Å². The molecule has 0 bridgehead atoms. The molecular formula is C25H30N2O3. The van der Waals surface area contributed by atoms with Crippen LogP contribution in [0, 0.1) is 6.92 Å². The van der Waals surface area contributed by atoms with E-state index in [0.29, 0.717) is 0 Å². The van der Waals surface area contributed by atoms with Crippen molar-refractivity contribution in [2.45, 2.75) is 52.0 Å². The first kappa shape index (κ1) is 20.3. The number of likely N-dealkylation sites (tertiary alicyclic amines) is 1. The van der Waals surface area contributed by atoms with Crippen LogP contribution >= 0.6 is 0 Å². The molecule has 5 nitrogen and oxygen atoms in total. The average Bonchev–Trinajstić information content (AvgIpc) is 3.37. The highest BCUT2D eigenvalue weighted by molar-refractivity contribution is 5.95.